The van der Waals surface area contributed by atoms with E-state index in [0.29, 0.717) is 0 Å². The van der Waals surface area contributed by atoms with Gasteiger partial charge in [0.15, 0.2) is 0 Å². The van der Waals surface area contributed by atoms with E-state index in [0.717, 1.165) is 12.5 Å². The maximum atomic E-state index is 9.63. The topological polar surface area (TPSA) is 34.1 Å². The van der Waals surface area contributed by atoms with E-state index in [1.807, 2.05) is 36.4 Å². The van der Waals surface area contributed by atoms with Gasteiger partial charge in [0.05, 0.1) is 0 Å². The monoisotopic (exact) mass is 198 g/mol. The summed E-state index contributed by atoms with van der Waals surface area (Å²) in [5.41, 5.74) is 1.17. The Balaban J connectivity index is 0.000000252. The lowest BCUT2D eigenvalue weighted by molar-refractivity contribution is 0.607. The molecule has 0 saturated carbocycles. The van der Waals surface area contributed by atoms with E-state index in [1.54, 1.807) is 0 Å². The van der Waals surface area contributed by atoms with E-state index >= 15 is 0 Å². The number of rotatable bonds is 1. The molecule has 0 radical (unpaired) electrons. The number of sulfone groups is 1. The number of hydrogen-bond acceptors (Lipinski definition) is 2. The van der Waals surface area contributed by atoms with E-state index in [9.17, 15) is 8.42 Å². The van der Waals surface area contributed by atoms with Gasteiger partial charge in [0.2, 0.25) is 0 Å². The number of benzene rings is 1. The summed E-state index contributed by atoms with van der Waals surface area (Å²) in [6.45, 7) is 3.63. The standard InChI is InChI=1S/C8H8.C2H6O2S/c1-2-8-6-4-3-5-7-8;1-5(2,3)4/h2-7H,1H2;1-2H3. The Hall–Kier alpha value is -1.09. The summed E-state index contributed by atoms with van der Waals surface area (Å²) < 4.78 is 19.3. The predicted molar refractivity (Wildman–Crippen MR) is 57.3 cm³/mol. The lowest BCUT2D eigenvalue weighted by Gasteiger charge is -1.85. The molecule has 0 heterocycles. The normalized spacial score (nSPS) is 9.69. The van der Waals surface area contributed by atoms with Crippen molar-refractivity contribution in [1.82, 2.24) is 0 Å². The zero-order valence-electron chi connectivity index (χ0n) is 7.90. The average Bonchev–Trinajstić information content (AvgIpc) is 2.03. The van der Waals surface area contributed by atoms with Gasteiger partial charge in [-0.2, -0.15) is 0 Å². The molecule has 0 aromatic heterocycles. The molecule has 2 nitrogen and oxygen atoms in total. The van der Waals surface area contributed by atoms with E-state index < -0.39 is 9.84 Å². The SMILES string of the molecule is C=Cc1ccccc1.CS(C)(=O)=O. The molecular formula is C10H14O2S. The van der Waals surface area contributed by atoms with Crippen molar-refractivity contribution in [3.8, 4) is 0 Å². The van der Waals surface area contributed by atoms with Crippen LogP contribution in [0, 0.1) is 0 Å². The molecule has 0 aliphatic carbocycles. The Morgan fingerprint density at radius 2 is 1.54 bits per heavy atom. The Kier molecular flexibility index (Phi) is 5.07. The van der Waals surface area contributed by atoms with Crippen LogP contribution in [0.1, 0.15) is 5.56 Å². The molecule has 0 aliphatic rings. The average molecular weight is 198 g/mol. The van der Waals surface area contributed by atoms with Gasteiger partial charge in [0, 0.05) is 12.5 Å². The molecular weight excluding hydrogens is 184 g/mol. The Morgan fingerprint density at radius 1 is 1.15 bits per heavy atom. The minimum atomic E-state index is -2.67. The molecule has 0 spiro atoms. The third-order valence-corrected chi connectivity index (χ3v) is 1.04. The smallest absolute Gasteiger partial charge is 0.144 e. The summed E-state index contributed by atoms with van der Waals surface area (Å²) in [5, 5.41) is 0. The fraction of sp³-hybridized carbons (Fsp3) is 0.200. The molecule has 1 rings (SSSR count). The molecule has 13 heavy (non-hydrogen) atoms. The van der Waals surface area contributed by atoms with Crippen LogP contribution < -0.4 is 0 Å². The highest BCUT2D eigenvalue weighted by Gasteiger charge is 1.79. The van der Waals surface area contributed by atoms with E-state index in [2.05, 4.69) is 6.58 Å². The Bertz CT molecular complexity index is 330. The van der Waals surface area contributed by atoms with Crippen LogP contribution in [0.2, 0.25) is 0 Å². The molecule has 3 heteroatoms. The third-order valence-electron chi connectivity index (χ3n) is 1.04. The first-order chi connectivity index (χ1) is 5.93. The second-order valence-corrected chi connectivity index (χ2v) is 5.04. The van der Waals surface area contributed by atoms with E-state index in [4.69, 9.17) is 0 Å². The number of hydrogen-bond donors (Lipinski definition) is 0. The summed E-state index contributed by atoms with van der Waals surface area (Å²) in [5.74, 6) is 0. The van der Waals surface area contributed by atoms with Crippen molar-refractivity contribution in [2.75, 3.05) is 12.5 Å². The molecule has 0 bridgehead atoms. The Morgan fingerprint density at radius 3 is 1.77 bits per heavy atom. The van der Waals surface area contributed by atoms with Gasteiger partial charge in [-0.3, -0.25) is 0 Å². The molecule has 0 atom stereocenters. The van der Waals surface area contributed by atoms with E-state index in [-0.39, 0.29) is 0 Å². The molecule has 1 aromatic rings. The zero-order chi connectivity index (χ0) is 10.3. The molecule has 0 fully saturated rings. The fourth-order valence-corrected chi connectivity index (χ4v) is 0.589. The van der Waals surface area contributed by atoms with Crippen molar-refractivity contribution >= 4 is 15.9 Å². The van der Waals surface area contributed by atoms with Crippen LogP contribution >= 0.6 is 0 Å². The molecule has 0 unspecified atom stereocenters. The second-order valence-electron chi connectivity index (χ2n) is 2.76. The lowest BCUT2D eigenvalue weighted by atomic mass is 10.2. The van der Waals surface area contributed by atoms with Crippen molar-refractivity contribution < 1.29 is 8.42 Å². The summed E-state index contributed by atoms with van der Waals surface area (Å²) in [4.78, 5) is 0. The molecule has 0 N–H and O–H groups in total. The van der Waals surface area contributed by atoms with Crippen LogP contribution in [0.25, 0.3) is 6.08 Å². The van der Waals surface area contributed by atoms with Gasteiger partial charge < -0.3 is 0 Å². The summed E-state index contributed by atoms with van der Waals surface area (Å²) in [6, 6.07) is 10.0. The van der Waals surface area contributed by atoms with Crippen LogP contribution in [0.3, 0.4) is 0 Å². The summed E-state index contributed by atoms with van der Waals surface area (Å²) >= 11 is 0. The van der Waals surface area contributed by atoms with Crippen LogP contribution in [0.15, 0.2) is 36.9 Å². The minimum Gasteiger partial charge on any atom is -0.229 e. The second kappa shape index (κ2) is 5.54. The predicted octanol–water partition coefficient (Wildman–Crippen LogP) is 1.99. The van der Waals surface area contributed by atoms with Gasteiger partial charge >= 0.3 is 0 Å². The zero-order valence-corrected chi connectivity index (χ0v) is 8.71. The molecule has 72 valence electrons. The first-order valence-corrected chi connectivity index (χ1v) is 6.06. The maximum Gasteiger partial charge on any atom is 0.144 e. The van der Waals surface area contributed by atoms with Crippen LogP contribution in [0.4, 0.5) is 0 Å². The minimum absolute atomic E-state index is 1.16. The summed E-state index contributed by atoms with van der Waals surface area (Å²) in [6.07, 6.45) is 4.15. The molecule has 1 aromatic carbocycles. The van der Waals surface area contributed by atoms with Crippen LogP contribution in [0.5, 0.6) is 0 Å². The lowest BCUT2D eigenvalue weighted by Crippen LogP contribution is -1.86. The van der Waals surface area contributed by atoms with Gasteiger partial charge in [-0.25, -0.2) is 8.42 Å². The first kappa shape index (κ1) is 11.9. The highest BCUT2D eigenvalue weighted by atomic mass is 32.2. The van der Waals surface area contributed by atoms with E-state index in [1.165, 1.54) is 5.56 Å². The highest BCUT2D eigenvalue weighted by molar-refractivity contribution is 7.89. The largest absolute Gasteiger partial charge is 0.229 e. The highest BCUT2D eigenvalue weighted by Crippen LogP contribution is 1.97. The third kappa shape index (κ3) is 10.9. The first-order valence-electron chi connectivity index (χ1n) is 3.76. The van der Waals surface area contributed by atoms with Gasteiger partial charge in [-0.05, 0) is 5.56 Å². The van der Waals surface area contributed by atoms with Crippen molar-refractivity contribution in [3.63, 3.8) is 0 Å². The molecule has 0 amide bonds. The van der Waals surface area contributed by atoms with Crippen molar-refractivity contribution in [3.05, 3.63) is 42.5 Å². The van der Waals surface area contributed by atoms with Gasteiger partial charge in [-0.15, -0.1) is 0 Å². The van der Waals surface area contributed by atoms with Crippen LogP contribution in [-0.4, -0.2) is 20.9 Å². The molecule has 0 aliphatic heterocycles. The van der Waals surface area contributed by atoms with Crippen molar-refractivity contribution in [2.45, 2.75) is 0 Å². The summed E-state index contributed by atoms with van der Waals surface area (Å²) in [7, 11) is -2.67. The van der Waals surface area contributed by atoms with Crippen LogP contribution in [-0.2, 0) is 9.84 Å². The maximum absolute atomic E-state index is 9.63. The fourth-order valence-electron chi connectivity index (χ4n) is 0.589. The quantitative estimate of drug-likeness (QED) is 0.691. The van der Waals surface area contributed by atoms with Crippen molar-refractivity contribution in [1.29, 1.82) is 0 Å². The molecule has 0 saturated heterocycles. The van der Waals surface area contributed by atoms with Gasteiger partial charge in [0.1, 0.15) is 9.84 Å². The van der Waals surface area contributed by atoms with Crippen molar-refractivity contribution in [2.24, 2.45) is 0 Å². The van der Waals surface area contributed by atoms with Gasteiger partial charge in [0.25, 0.3) is 0 Å². The Labute approximate surface area is 79.8 Å². The van der Waals surface area contributed by atoms with Gasteiger partial charge in [-0.1, -0.05) is 43.0 Å².